The third-order valence-corrected chi connectivity index (χ3v) is 3.37. The normalized spacial score (nSPS) is 21.2. The van der Waals surface area contributed by atoms with Crippen LogP contribution in [-0.2, 0) is 11.3 Å². The molecule has 100 valence electrons. The quantitative estimate of drug-likeness (QED) is 0.906. The van der Waals surface area contributed by atoms with E-state index in [1.54, 1.807) is 18.2 Å². The molecule has 1 atom stereocenters. The molecule has 0 aliphatic carbocycles. The molecule has 0 saturated carbocycles. The molecule has 1 unspecified atom stereocenters. The summed E-state index contributed by atoms with van der Waals surface area (Å²) in [6.45, 7) is 3.72. The van der Waals surface area contributed by atoms with E-state index in [9.17, 15) is 4.39 Å². The first-order chi connectivity index (χ1) is 8.70. The molecular weight excluding hydrogens is 255 g/mol. The van der Waals surface area contributed by atoms with Crippen LogP contribution in [0.25, 0.3) is 0 Å². The summed E-state index contributed by atoms with van der Waals surface area (Å²) < 4.78 is 19.4. The van der Waals surface area contributed by atoms with E-state index < -0.39 is 0 Å². The van der Waals surface area contributed by atoms with Crippen LogP contribution in [0.15, 0.2) is 18.2 Å². The van der Waals surface area contributed by atoms with Gasteiger partial charge >= 0.3 is 0 Å². The standard InChI is InChI=1S/C13H18ClFN2O/c1-16-7-11-9-17(5-6-18-11)8-10-3-2-4-12(14)13(10)15/h2-4,11,16H,5-9H2,1H3. The molecule has 1 aliphatic heterocycles. The number of benzene rings is 1. The highest BCUT2D eigenvalue weighted by molar-refractivity contribution is 6.30. The lowest BCUT2D eigenvalue weighted by Crippen LogP contribution is -2.45. The van der Waals surface area contributed by atoms with Crippen LogP contribution in [0.5, 0.6) is 0 Å². The number of halogens is 2. The van der Waals surface area contributed by atoms with Gasteiger partial charge in [-0.15, -0.1) is 0 Å². The Balaban J connectivity index is 1.98. The Hall–Kier alpha value is -0.680. The van der Waals surface area contributed by atoms with Crippen molar-refractivity contribution in [3.8, 4) is 0 Å². The molecule has 18 heavy (non-hydrogen) atoms. The van der Waals surface area contributed by atoms with Gasteiger partial charge in [-0.05, 0) is 13.1 Å². The van der Waals surface area contributed by atoms with Crippen molar-refractivity contribution in [2.24, 2.45) is 0 Å². The fourth-order valence-corrected chi connectivity index (χ4v) is 2.38. The van der Waals surface area contributed by atoms with Crippen molar-refractivity contribution in [2.75, 3.05) is 33.3 Å². The van der Waals surface area contributed by atoms with Gasteiger partial charge in [0, 0.05) is 31.7 Å². The number of nitrogens with zero attached hydrogens (tertiary/aromatic N) is 1. The molecule has 0 radical (unpaired) electrons. The fraction of sp³-hybridized carbons (Fsp3) is 0.538. The van der Waals surface area contributed by atoms with Gasteiger partial charge < -0.3 is 10.1 Å². The highest BCUT2D eigenvalue weighted by Gasteiger charge is 2.20. The second kappa shape index (κ2) is 6.48. The van der Waals surface area contributed by atoms with E-state index in [-0.39, 0.29) is 16.9 Å². The van der Waals surface area contributed by atoms with Crippen LogP contribution < -0.4 is 5.32 Å². The monoisotopic (exact) mass is 272 g/mol. The van der Waals surface area contributed by atoms with Gasteiger partial charge in [0.2, 0.25) is 0 Å². The predicted octanol–water partition coefficient (Wildman–Crippen LogP) is 1.90. The molecule has 1 fully saturated rings. The summed E-state index contributed by atoms with van der Waals surface area (Å²) in [4.78, 5) is 2.19. The van der Waals surface area contributed by atoms with Crippen LogP contribution in [0.1, 0.15) is 5.56 Å². The predicted molar refractivity (Wildman–Crippen MR) is 70.4 cm³/mol. The van der Waals surface area contributed by atoms with E-state index in [0.29, 0.717) is 18.7 Å². The molecular formula is C13H18ClFN2O. The van der Waals surface area contributed by atoms with Crippen molar-refractivity contribution in [3.05, 3.63) is 34.6 Å². The van der Waals surface area contributed by atoms with Crippen LogP contribution in [0.3, 0.4) is 0 Å². The van der Waals surface area contributed by atoms with Crippen LogP contribution >= 0.6 is 11.6 Å². The first-order valence-corrected chi connectivity index (χ1v) is 6.50. The van der Waals surface area contributed by atoms with Crippen molar-refractivity contribution in [2.45, 2.75) is 12.6 Å². The molecule has 5 heteroatoms. The molecule has 1 N–H and O–H groups in total. The van der Waals surface area contributed by atoms with E-state index in [4.69, 9.17) is 16.3 Å². The molecule has 0 bridgehead atoms. The number of hydrogen-bond acceptors (Lipinski definition) is 3. The summed E-state index contributed by atoms with van der Waals surface area (Å²) in [6.07, 6.45) is 0.172. The average molecular weight is 273 g/mol. The van der Waals surface area contributed by atoms with Gasteiger partial charge in [0.25, 0.3) is 0 Å². The van der Waals surface area contributed by atoms with Crippen LogP contribution in [0.4, 0.5) is 4.39 Å². The van der Waals surface area contributed by atoms with Crippen molar-refractivity contribution in [1.82, 2.24) is 10.2 Å². The summed E-state index contributed by atoms with van der Waals surface area (Å²) in [5, 5.41) is 3.28. The molecule has 1 aromatic carbocycles. The maximum atomic E-state index is 13.8. The second-order valence-corrected chi connectivity index (χ2v) is 4.91. The zero-order valence-corrected chi connectivity index (χ0v) is 11.2. The van der Waals surface area contributed by atoms with Crippen LogP contribution in [-0.4, -0.2) is 44.3 Å². The van der Waals surface area contributed by atoms with E-state index in [1.807, 2.05) is 7.05 Å². The molecule has 3 nitrogen and oxygen atoms in total. The lowest BCUT2D eigenvalue weighted by atomic mass is 10.1. The van der Waals surface area contributed by atoms with Gasteiger partial charge in [-0.3, -0.25) is 4.90 Å². The number of hydrogen-bond donors (Lipinski definition) is 1. The first-order valence-electron chi connectivity index (χ1n) is 6.12. The molecule has 0 amide bonds. The van der Waals surface area contributed by atoms with Crippen LogP contribution in [0, 0.1) is 5.82 Å². The molecule has 2 rings (SSSR count). The molecule has 1 saturated heterocycles. The largest absolute Gasteiger partial charge is 0.374 e. The molecule has 0 aromatic heterocycles. The maximum absolute atomic E-state index is 13.8. The third-order valence-electron chi connectivity index (χ3n) is 3.08. The third kappa shape index (κ3) is 3.42. The van der Waals surface area contributed by atoms with Gasteiger partial charge in [0.05, 0.1) is 17.7 Å². The Bertz CT molecular complexity index is 401. The zero-order chi connectivity index (χ0) is 13.0. The minimum absolute atomic E-state index is 0.172. The van der Waals surface area contributed by atoms with Crippen molar-refractivity contribution < 1.29 is 9.13 Å². The van der Waals surface area contributed by atoms with Gasteiger partial charge in [-0.25, -0.2) is 4.39 Å². The maximum Gasteiger partial charge on any atom is 0.146 e. The summed E-state index contributed by atoms with van der Waals surface area (Å²) in [5.41, 5.74) is 0.646. The zero-order valence-electron chi connectivity index (χ0n) is 10.5. The summed E-state index contributed by atoms with van der Waals surface area (Å²) in [7, 11) is 1.90. The Morgan fingerprint density at radius 2 is 2.39 bits per heavy atom. The van der Waals surface area contributed by atoms with Crippen LogP contribution in [0.2, 0.25) is 5.02 Å². The lowest BCUT2D eigenvalue weighted by Gasteiger charge is -2.33. The minimum Gasteiger partial charge on any atom is -0.374 e. The van der Waals surface area contributed by atoms with Gasteiger partial charge in [-0.2, -0.15) is 0 Å². The average Bonchev–Trinajstić information content (AvgIpc) is 2.36. The molecule has 1 aliphatic rings. The Labute approximate surface area is 112 Å². The summed E-state index contributed by atoms with van der Waals surface area (Å²) >= 11 is 5.78. The first kappa shape index (κ1) is 13.7. The van der Waals surface area contributed by atoms with Gasteiger partial charge in [0.15, 0.2) is 0 Å². The summed E-state index contributed by atoms with van der Waals surface area (Å²) in [6, 6.07) is 5.14. The highest BCUT2D eigenvalue weighted by atomic mass is 35.5. The Morgan fingerprint density at radius 1 is 1.56 bits per heavy atom. The molecule has 1 aromatic rings. The SMILES string of the molecule is CNCC1CN(Cc2cccc(Cl)c2F)CCO1. The Kier molecular flexibility index (Phi) is 4.95. The van der Waals surface area contributed by atoms with Crippen molar-refractivity contribution in [1.29, 1.82) is 0 Å². The number of ether oxygens (including phenoxy) is 1. The minimum atomic E-state index is -0.309. The summed E-state index contributed by atoms with van der Waals surface area (Å²) in [5.74, 6) is -0.309. The Morgan fingerprint density at radius 3 is 3.17 bits per heavy atom. The van der Waals surface area contributed by atoms with Crippen molar-refractivity contribution >= 4 is 11.6 Å². The van der Waals surface area contributed by atoms with E-state index in [1.165, 1.54) is 0 Å². The lowest BCUT2D eigenvalue weighted by molar-refractivity contribution is -0.0294. The smallest absolute Gasteiger partial charge is 0.146 e. The number of morpholine rings is 1. The number of rotatable bonds is 4. The second-order valence-electron chi connectivity index (χ2n) is 4.50. The van der Waals surface area contributed by atoms with E-state index in [0.717, 1.165) is 19.6 Å². The topological polar surface area (TPSA) is 24.5 Å². The van der Waals surface area contributed by atoms with Crippen molar-refractivity contribution in [3.63, 3.8) is 0 Å². The van der Waals surface area contributed by atoms with E-state index >= 15 is 0 Å². The van der Waals surface area contributed by atoms with Gasteiger partial charge in [0.1, 0.15) is 5.82 Å². The van der Waals surface area contributed by atoms with E-state index in [2.05, 4.69) is 10.2 Å². The molecule has 1 heterocycles. The number of likely N-dealkylation sites (N-methyl/N-ethyl adjacent to an activating group) is 1. The molecule has 0 spiro atoms. The van der Waals surface area contributed by atoms with Gasteiger partial charge in [-0.1, -0.05) is 23.7 Å². The highest BCUT2D eigenvalue weighted by Crippen LogP contribution is 2.20. The fourth-order valence-electron chi connectivity index (χ4n) is 2.19. The number of nitrogens with one attached hydrogen (secondary N) is 1.